The molecule has 0 spiro atoms. The number of piperidine rings is 1. The molecule has 1 aliphatic rings. The number of benzene rings is 1. The maximum absolute atomic E-state index is 12.5. The monoisotopic (exact) mass is 354 g/mol. The van der Waals surface area contributed by atoms with Crippen LogP contribution in [-0.2, 0) is 4.79 Å². The molecule has 1 atom stereocenters. The number of hydrogen-bond donors (Lipinski definition) is 3. The van der Waals surface area contributed by atoms with Crippen molar-refractivity contribution in [2.24, 2.45) is 5.92 Å². The molecule has 7 heteroatoms. The molecule has 3 N–H and O–H groups in total. The highest BCUT2D eigenvalue weighted by atomic mass is 16.5. The van der Waals surface area contributed by atoms with Gasteiger partial charge in [-0.15, -0.1) is 0 Å². The second-order valence-corrected chi connectivity index (χ2v) is 6.09. The van der Waals surface area contributed by atoms with E-state index in [0.29, 0.717) is 23.7 Å². The summed E-state index contributed by atoms with van der Waals surface area (Å²) in [4.78, 5) is 28.2. The van der Waals surface area contributed by atoms with Crippen molar-refractivity contribution < 1.29 is 14.3 Å². The average molecular weight is 354 g/mol. The summed E-state index contributed by atoms with van der Waals surface area (Å²) in [6.45, 7) is 1.65. The van der Waals surface area contributed by atoms with E-state index in [9.17, 15) is 9.59 Å². The van der Waals surface area contributed by atoms with Gasteiger partial charge in [0, 0.05) is 25.9 Å². The predicted molar refractivity (Wildman–Crippen MR) is 98.4 cm³/mol. The van der Waals surface area contributed by atoms with Gasteiger partial charge in [0.25, 0.3) is 5.91 Å². The number of anilines is 1. The summed E-state index contributed by atoms with van der Waals surface area (Å²) in [6, 6.07) is 10.5. The molecule has 1 fully saturated rings. The van der Waals surface area contributed by atoms with E-state index < -0.39 is 0 Å². The van der Waals surface area contributed by atoms with Crippen LogP contribution in [0.25, 0.3) is 0 Å². The van der Waals surface area contributed by atoms with Gasteiger partial charge >= 0.3 is 0 Å². The molecule has 1 aliphatic heterocycles. The number of para-hydroxylation sites is 2. The van der Waals surface area contributed by atoms with Gasteiger partial charge in [0.15, 0.2) is 5.75 Å². The minimum absolute atomic E-state index is 0.0194. The third kappa shape index (κ3) is 4.37. The zero-order valence-corrected chi connectivity index (χ0v) is 14.6. The lowest BCUT2D eigenvalue weighted by Gasteiger charge is -2.22. The van der Waals surface area contributed by atoms with Gasteiger partial charge in [-0.2, -0.15) is 0 Å². The standard InChI is InChI=1S/C19H22N4O3/c1-20-19(25)16-11-14(8-10-22-16)26-17-7-3-2-6-15(17)23-18(24)13-5-4-9-21-12-13/h2-3,6-8,10-11,13,21H,4-5,9,12H2,1H3,(H,20,25)(H,23,24). The third-order valence-electron chi connectivity index (χ3n) is 4.23. The topological polar surface area (TPSA) is 92.4 Å². The summed E-state index contributed by atoms with van der Waals surface area (Å²) in [6.07, 6.45) is 3.38. The molecule has 0 radical (unpaired) electrons. The molecular weight excluding hydrogens is 332 g/mol. The minimum Gasteiger partial charge on any atom is -0.455 e. The quantitative estimate of drug-likeness (QED) is 0.765. The molecule has 0 aliphatic carbocycles. The predicted octanol–water partition coefficient (Wildman–Crippen LogP) is 2.17. The number of carbonyl (C=O) groups is 2. The van der Waals surface area contributed by atoms with Crippen LogP contribution in [0.5, 0.6) is 11.5 Å². The Balaban J connectivity index is 1.75. The first-order chi connectivity index (χ1) is 12.7. The van der Waals surface area contributed by atoms with Crippen molar-refractivity contribution in [3.05, 3.63) is 48.3 Å². The Morgan fingerprint density at radius 1 is 1.27 bits per heavy atom. The highest BCUT2D eigenvalue weighted by molar-refractivity contribution is 5.94. The number of amides is 2. The first-order valence-corrected chi connectivity index (χ1v) is 8.64. The number of hydrogen-bond acceptors (Lipinski definition) is 5. The molecule has 2 amide bonds. The molecular formula is C19H22N4O3. The summed E-state index contributed by atoms with van der Waals surface area (Å²) in [5, 5.41) is 8.72. The number of ether oxygens (including phenoxy) is 1. The fourth-order valence-corrected chi connectivity index (χ4v) is 2.82. The van der Waals surface area contributed by atoms with Crippen LogP contribution in [0.2, 0.25) is 0 Å². The Labute approximate surface area is 152 Å². The van der Waals surface area contributed by atoms with E-state index in [0.717, 1.165) is 19.4 Å². The van der Waals surface area contributed by atoms with Crippen molar-refractivity contribution in [1.82, 2.24) is 15.6 Å². The molecule has 0 saturated carbocycles. The molecule has 7 nitrogen and oxygen atoms in total. The van der Waals surface area contributed by atoms with Crippen molar-refractivity contribution >= 4 is 17.5 Å². The normalized spacial score (nSPS) is 16.6. The van der Waals surface area contributed by atoms with Crippen LogP contribution in [0.4, 0.5) is 5.69 Å². The minimum atomic E-state index is -0.290. The number of rotatable bonds is 5. The lowest BCUT2D eigenvalue weighted by Crippen LogP contribution is -2.37. The number of pyridine rings is 1. The highest BCUT2D eigenvalue weighted by Crippen LogP contribution is 2.30. The Bertz CT molecular complexity index is 788. The maximum atomic E-state index is 12.5. The summed E-state index contributed by atoms with van der Waals surface area (Å²) in [7, 11) is 1.54. The molecule has 2 aromatic rings. The first-order valence-electron chi connectivity index (χ1n) is 8.64. The van der Waals surface area contributed by atoms with Crippen LogP contribution >= 0.6 is 0 Å². The van der Waals surface area contributed by atoms with E-state index >= 15 is 0 Å². The van der Waals surface area contributed by atoms with Gasteiger partial charge in [-0.25, -0.2) is 0 Å². The van der Waals surface area contributed by atoms with Crippen molar-refractivity contribution in [1.29, 1.82) is 0 Å². The molecule has 26 heavy (non-hydrogen) atoms. The molecule has 1 saturated heterocycles. The lowest BCUT2D eigenvalue weighted by atomic mass is 9.99. The van der Waals surface area contributed by atoms with E-state index in [1.165, 1.54) is 6.20 Å². The molecule has 136 valence electrons. The molecule has 2 heterocycles. The Hall–Kier alpha value is -2.93. The average Bonchev–Trinajstić information content (AvgIpc) is 2.69. The van der Waals surface area contributed by atoms with E-state index in [2.05, 4.69) is 20.9 Å². The second kappa shape index (κ2) is 8.44. The first kappa shape index (κ1) is 17.9. The van der Waals surface area contributed by atoms with Gasteiger partial charge in [0.2, 0.25) is 5.91 Å². The van der Waals surface area contributed by atoms with Gasteiger partial charge in [-0.3, -0.25) is 14.6 Å². The maximum Gasteiger partial charge on any atom is 0.269 e. The smallest absolute Gasteiger partial charge is 0.269 e. The Morgan fingerprint density at radius 3 is 2.88 bits per heavy atom. The van der Waals surface area contributed by atoms with E-state index in [1.807, 2.05) is 12.1 Å². The third-order valence-corrected chi connectivity index (χ3v) is 4.23. The molecule has 0 bridgehead atoms. The van der Waals surface area contributed by atoms with Gasteiger partial charge < -0.3 is 20.7 Å². The zero-order valence-electron chi connectivity index (χ0n) is 14.6. The van der Waals surface area contributed by atoms with E-state index in [4.69, 9.17) is 4.74 Å². The van der Waals surface area contributed by atoms with Crippen LogP contribution in [0, 0.1) is 5.92 Å². The summed E-state index contributed by atoms with van der Waals surface area (Å²) >= 11 is 0. The van der Waals surface area contributed by atoms with Gasteiger partial charge in [-0.1, -0.05) is 12.1 Å². The van der Waals surface area contributed by atoms with E-state index in [-0.39, 0.29) is 23.4 Å². The van der Waals surface area contributed by atoms with Gasteiger partial charge in [0.05, 0.1) is 11.6 Å². The Kier molecular flexibility index (Phi) is 5.80. The molecule has 1 aromatic heterocycles. The Morgan fingerprint density at radius 2 is 2.12 bits per heavy atom. The fraction of sp³-hybridized carbons (Fsp3) is 0.316. The summed E-state index contributed by atoms with van der Waals surface area (Å²) < 4.78 is 5.88. The SMILES string of the molecule is CNC(=O)c1cc(Oc2ccccc2NC(=O)C2CCCNC2)ccn1. The van der Waals surface area contributed by atoms with Crippen molar-refractivity contribution in [2.75, 3.05) is 25.5 Å². The number of aromatic nitrogens is 1. The zero-order chi connectivity index (χ0) is 18.4. The fourth-order valence-electron chi connectivity index (χ4n) is 2.82. The number of nitrogens with zero attached hydrogens (tertiary/aromatic N) is 1. The van der Waals surface area contributed by atoms with Gasteiger partial charge in [0.1, 0.15) is 11.4 Å². The van der Waals surface area contributed by atoms with Crippen LogP contribution in [0.1, 0.15) is 23.3 Å². The summed E-state index contributed by atoms with van der Waals surface area (Å²) in [5.41, 5.74) is 0.862. The van der Waals surface area contributed by atoms with Crippen LogP contribution in [0.15, 0.2) is 42.6 Å². The van der Waals surface area contributed by atoms with Crippen LogP contribution in [0.3, 0.4) is 0 Å². The van der Waals surface area contributed by atoms with Crippen molar-refractivity contribution in [3.8, 4) is 11.5 Å². The largest absolute Gasteiger partial charge is 0.455 e. The highest BCUT2D eigenvalue weighted by Gasteiger charge is 2.21. The number of carbonyl (C=O) groups excluding carboxylic acids is 2. The molecule has 1 aromatic carbocycles. The number of nitrogens with one attached hydrogen (secondary N) is 3. The van der Waals surface area contributed by atoms with Crippen LogP contribution < -0.4 is 20.7 Å². The second-order valence-electron chi connectivity index (χ2n) is 6.09. The van der Waals surface area contributed by atoms with Gasteiger partial charge in [-0.05, 0) is 37.6 Å². The van der Waals surface area contributed by atoms with Crippen molar-refractivity contribution in [2.45, 2.75) is 12.8 Å². The van der Waals surface area contributed by atoms with E-state index in [1.54, 1.807) is 31.3 Å². The summed E-state index contributed by atoms with van der Waals surface area (Å²) in [5.74, 6) is 0.631. The van der Waals surface area contributed by atoms with Crippen LogP contribution in [-0.4, -0.2) is 36.9 Å². The lowest BCUT2D eigenvalue weighted by molar-refractivity contribution is -0.120. The van der Waals surface area contributed by atoms with Crippen molar-refractivity contribution in [3.63, 3.8) is 0 Å². The molecule has 3 rings (SSSR count). The molecule has 1 unspecified atom stereocenters.